The zero-order chi connectivity index (χ0) is 18.6. The first kappa shape index (κ1) is 19.3. The molecule has 1 atom stereocenters. The van der Waals surface area contributed by atoms with Crippen molar-refractivity contribution < 1.29 is 13.2 Å². The molecule has 0 spiro atoms. The third-order valence-corrected chi connectivity index (χ3v) is 6.74. The van der Waals surface area contributed by atoms with E-state index in [2.05, 4.69) is 34.4 Å². The van der Waals surface area contributed by atoms with Gasteiger partial charge in [0.05, 0.1) is 0 Å². The summed E-state index contributed by atoms with van der Waals surface area (Å²) in [6, 6.07) is 8.16. The second kappa shape index (κ2) is 8.50. The van der Waals surface area contributed by atoms with Crippen LogP contribution in [0.15, 0.2) is 24.3 Å². The molecular weight excluding hydrogens is 350 g/mol. The molecule has 26 heavy (non-hydrogen) atoms. The van der Waals surface area contributed by atoms with E-state index in [1.165, 1.54) is 11.1 Å². The van der Waals surface area contributed by atoms with Gasteiger partial charge in [-0.15, -0.1) is 0 Å². The molecule has 1 aromatic carbocycles. The fourth-order valence-electron chi connectivity index (χ4n) is 3.89. The number of amides is 1. The third kappa shape index (κ3) is 5.28. The Balaban J connectivity index is 1.48. The SMILES string of the molecule is CC1CCC(NS(=O)(=O)CC(=O)NCC2NCCc3ccccc32)CC1. The number of nitrogens with one attached hydrogen (secondary N) is 3. The van der Waals surface area contributed by atoms with Crippen LogP contribution in [0.4, 0.5) is 0 Å². The van der Waals surface area contributed by atoms with E-state index in [9.17, 15) is 13.2 Å². The van der Waals surface area contributed by atoms with Crippen molar-refractivity contribution in [2.24, 2.45) is 5.92 Å². The highest BCUT2D eigenvalue weighted by Crippen LogP contribution is 2.24. The summed E-state index contributed by atoms with van der Waals surface area (Å²) in [5.41, 5.74) is 2.46. The molecule has 1 aliphatic carbocycles. The Bertz CT molecular complexity index is 727. The predicted octanol–water partition coefficient (Wildman–Crippen LogP) is 1.49. The van der Waals surface area contributed by atoms with Gasteiger partial charge in [-0.25, -0.2) is 13.1 Å². The lowest BCUT2D eigenvalue weighted by molar-refractivity contribution is -0.118. The highest BCUT2D eigenvalue weighted by Gasteiger charge is 2.25. The second-order valence-corrected chi connectivity index (χ2v) is 9.35. The van der Waals surface area contributed by atoms with Crippen LogP contribution in [0.5, 0.6) is 0 Å². The number of benzene rings is 1. The zero-order valence-electron chi connectivity index (χ0n) is 15.3. The minimum Gasteiger partial charge on any atom is -0.353 e. The molecule has 1 saturated carbocycles. The summed E-state index contributed by atoms with van der Waals surface area (Å²) >= 11 is 0. The summed E-state index contributed by atoms with van der Waals surface area (Å²) in [6.45, 7) is 3.44. The Kier molecular flexibility index (Phi) is 6.32. The number of carbonyl (C=O) groups is 1. The molecule has 1 unspecified atom stereocenters. The summed E-state index contributed by atoms with van der Waals surface area (Å²) in [4.78, 5) is 12.1. The van der Waals surface area contributed by atoms with Crippen LogP contribution in [0.3, 0.4) is 0 Å². The van der Waals surface area contributed by atoms with Crippen LogP contribution in [-0.2, 0) is 21.2 Å². The molecular formula is C19H29N3O3S. The average molecular weight is 380 g/mol. The number of rotatable bonds is 6. The van der Waals surface area contributed by atoms with Gasteiger partial charge in [-0.3, -0.25) is 4.79 Å². The van der Waals surface area contributed by atoms with Crippen LogP contribution in [0.1, 0.15) is 49.8 Å². The van der Waals surface area contributed by atoms with Crippen LogP contribution < -0.4 is 15.4 Å². The molecule has 144 valence electrons. The van der Waals surface area contributed by atoms with Gasteiger partial charge in [-0.2, -0.15) is 0 Å². The quantitative estimate of drug-likeness (QED) is 0.699. The van der Waals surface area contributed by atoms with Crippen molar-refractivity contribution in [1.82, 2.24) is 15.4 Å². The first-order chi connectivity index (χ1) is 12.4. The van der Waals surface area contributed by atoms with E-state index >= 15 is 0 Å². The Labute approximate surface area is 156 Å². The van der Waals surface area contributed by atoms with Gasteiger partial charge in [0, 0.05) is 18.6 Å². The molecule has 6 nitrogen and oxygen atoms in total. The molecule has 1 fully saturated rings. The number of hydrogen-bond donors (Lipinski definition) is 3. The highest BCUT2D eigenvalue weighted by molar-refractivity contribution is 7.90. The predicted molar refractivity (Wildman–Crippen MR) is 102 cm³/mol. The summed E-state index contributed by atoms with van der Waals surface area (Å²) in [6.07, 6.45) is 4.74. The van der Waals surface area contributed by atoms with Crippen molar-refractivity contribution >= 4 is 15.9 Å². The normalized spacial score (nSPS) is 26.1. The van der Waals surface area contributed by atoms with E-state index in [-0.39, 0.29) is 12.1 Å². The van der Waals surface area contributed by atoms with Gasteiger partial charge >= 0.3 is 0 Å². The molecule has 1 amide bonds. The molecule has 1 aromatic rings. The highest BCUT2D eigenvalue weighted by atomic mass is 32.2. The van der Waals surface area contributed by atoms with Gasteiger partial charge in [-0.1, -0.05) is 31.2 Å². The van der Waals surface area contributed by atoms with Crippen LogP contribution in [0.25, 0.3) is 0 Å². The summed E-state index contributed by atoms with van der Waals surface area (Å²) < 4.78 is 27.2. The first-order valence-corrected chi connectivity index (χ1v) is 11.2. The monoisotopic (exact) mass is 379 g/mol. The topological polar surface area (TPSA) is 87.3 Å². The van der Waals surface area contributed by atoms with Crippen LogP contribution >= 0.6 is 0 Å². The smallest absolute Gasteiger partial charge is 0.236 e. The van der Waals surface area contributed by atoms with Gasteiger partial charge in [0.1, 0.15) is 5.75 Å². The maximum atomic E-state index is 12.3. The lowest BCUT2D eigenvalue weighted by atomic mass is 9.88. The minimum absolute atomic E-state index is 0.0272. The number of sulfonamides is 1. The molecule has 0 aromatic heterocycles. The molecule has 0 saturated heterocycles. The lowest BCUT2D eigenvalue weighted by Crippen LogP contribution is -2.44. The fraction of sp³-hybridized carbons (Fsp3) is 0.632. The van der Waals surface area contributed by atoms with E-state index in [1.807, 2.05) is 12.1 Å². The fourth-order valence-corrected chi connectivity index (χ4v) is 5.16. The Morgan fingerprint density at radius 2 is 1.92 bits per heavy atom. The van der Waals surface area contributed by atoms with Crippen LogP contribution in [0.2, 0.25) is 0 Å². The summed E-state index contributed by atoms with van der Waals surface area (Å²) in [5, 5.41) is 6.16. The van der Waals surface area contributed by atoms with Gasteiger partial charge in [0.25, 0.3) is 0 Å². The van der Waals surface area contributed by atoms with Crippen LogP contribution in [0, 0.1) is 5.92 Å². The average Bonchev–Trinajstić information content (AvgIpc) is 2.61. The van der Waals surface area contributed by atoms with Crippen molar-refractivity contribution in [2.45, 2.75) is 51.1 Å². The van der Waals surface area contributed by atoms with E-state index in [0.29, 0.717) is 12.5 Å². The summed E-state index contributed by atoms with van der Waals surface area (Å²) in [5.74, 6) is -0.301. The third-order valence-electron chi connectivity index (χ3n) is 5.40. The first-order valence-electron chi connectivity index (χ1n) is 9.51. The molecule has 7 heteroatoms. The number of fused-ring (bicyclic) bond motifs is 1. The molecule has 1 heterocycles. The molecule has 3 rings (SSSR count). The molecule has 1 aliphatic heterocycles. The van der Waals surface area contributed by atoms with E-state index in [1.54, 1.807) is 0 Å². The zero-order valence-corrected chi connectivity index (χ0v) is 16.1. The van der Waals surface area contributed by atoms with Crippen molar-refractivity contribution in [3.8, 4) is 0 Å². The molecule has 3 N–H and O–H groups in total. The number of hydrogen-bond acceptors (Lipinski definition) is 4. The standard InChI is InChI=1S/C19H29N3O3S/c1-14-6-8-16(9-7-14)22-26(24,25)13-19(23)21-12-18-17-5-3-2-4-15(17)10-11-20-18/h2-5,14,16,18,20,22H,6-13H2,1H3,(H,21,23). The Morgan fingerprint density at radius 1 is 1.19 bits per heavy atom. The maximum Gasteiger partial charge on any atom is 0.236 e. The largest absolute Gasteiger partial charge is 0.353 e. The van der Waals surface area contributed by atoms with Gasteiger partial charge in [0.15, 0.2) is 0 Å². The van der Waals surface area contributed by atoms with Gasteiger partial charge < -0.3 is 10.6 Å². The Morgan fingerprint density at radius 3 is 2.69 bits per heavy atom. The van der Waals surface area contributed by atoms with E-state index < -0.39 is 21.7 Å². The summed E-state index contributed by atoms with van der Waals surface area (Å²) in [7, 11) is -3.59. The van der Waals surface area contributed by atoms with Crippen molar-refractivity contribution in [1.29, 1.82) is 0 Å². The van der Waals surface area contributed by atoms with Crippen molar-refractivity contribution in [3.05, 3.63) is 35.4 Å². The molecule has 0 bridgehead atoms. The van der Waals surface area contributed by atoms with Crippen molar-refractivity contribution in [2.75, 3.05) is 18.8 Å². The van der Waals surface area contributed by atoms with Crippen molar-refractivity contribution in [3.63, 3.8) is 0 Å². The Hall–Kier alpha value is -1.44. The number of carbonyl (C=O) groups excluding carboxylic acids is 1. The van der Waals surface area contributed by atoms with Crippen LogP contribution in [-0.4, -0.2) is 39.2 Å². The van der Waals surface area contributed by atoms with E-state index in [0.717, 1.165) is 38.6 Å². The minimum atomic E-state index is -3.59. The van der Waals surface area contributed by atoms with Gasteiger partial charge in [-0.05, 0) is 55.7 Å². The lowest BCUT2D eigenvalue weighted by Gasteiger charge is -2.27. The van der Waals surface area contributed by atoms with E-state index in [4.69, 9.17) is 0 Å². The van der Waals surface area contributed by atoms with Gasteiger partial charge in [0.2, 0.25) is 15.9 Å². The molecule has 2 aliphatic rings. The second-order valence-electron chi connectivity index (χ2n) is 7.59. The molecule has 0 radical (unpaired) electrons. The maximum absolute atomic E-state index is 12.3.